The molecule has 0 heterocycles. The number of hydrogen-bond donors (Lipinski definition) is 0. The lowest BCUT2D eigenvalue weighted by molar-refractivity contribution is 0.968. The van der Waals surface area contributed by atoms with Crippen LogP contribution in [0.2, 0.25) is 0 Å². The van der Waals surface area contributed by atoms with Crippen molar-refractivity contribution in [2.45, 2.75) is 12.8 Å². The molecule has 0 saturated heterocycles. The van der Waals surface area contributed by atoms with E-state index in [2.05, 4.69) is 84.1 Å². The molecule has 0 bridgehead atoms. The minimum atomic E-state index is 0.444. The zero-order valence-corrected chi connectivity index (χ0v) is 11.8. The Morgan fingerprint density at radius 3 is 2.29 bits per heavy atom. The Morgan fingerprint density at radius 1 is 0.882 bits per heavy atom. The first-order chi connectivity index (χ1) is 8.27. The van der Waals surface area contributed by atoms with Gasteiger partial charge in [-0.1, -0.05) is 54.1 Å². The van der Waals surface area contributed by atoms with Crippen molar-refractivity contribution in [1.29, 1.82) is 0 Å². The van der Waals surface area contributed by atoms with Crippen LogP contribution in [-0.4, -0.2) is 0 Å². The van der Waals surface area contributed by atoms with Gasteiger partial charge in [0.2, 0.25) is 0 Å². The Kier molecular flexibility index (Phi) is 2.79. The maximum Gasteiger partial charge on any atom is 0.0315 e. The van der Waals surface area contributed by atoms with Crippen molar-refractivity contribution < 1.29 is 0 Å². The van der Waals surface area contributed by atoms with Gasteiger partial charge < -0.3 is 0 Å². The molecule has 1 aliphatic carbocycles. The molecule has 2 aromatic rings. The summed E-state index contributed by atoms with van der Waals surface area (Å²) < 4.78 is 1.35. The third-order valence-electron chi connectivity index (χ3n) is 3.36. The fraction of sp³-hybridized carbons (Fsp3) is 0.125. The van der Waals surface area contributed by atoms with Crippen molar-refractivity contribution in [2.24, 2.45) is 0 Å². The SMILES string of the molecule is CC1=Cc2ccccc2C1c1ccccc1I. The van der Waals surface area contributed by atoms with Crippen molar-refractivity contribution in [3.63, 3.8) is 0 Å². The largest absolute Gasteiger partial charge is 0.0619 e. The van der Waals surface area contributed by atoms with E-state index in [9.17, 15) is 0 Å². The molecule has 0 N–H and O–H groups in total. The van der Waals surface area contributed by atoms with Gasteiger partial charge in [-0.25, -0.2) is 0 Å². The number of hydrogen-bond acceptors (Lipinski definition) is 0. The summed E-state index contributed by atoms with van der Waals surface area (Å²) in [6.07, 6.45) is 2.31. The lowest BCUT2D eigenvalue weighted by Gasteiger charge is -2.16. The van der Waals surface area contributed by atoms with Crippen LogP contribution in [0.25, 0.3) is 6.08 Å². The van der Waals surface area contributed by atoms with Crippen molar-refractivity contribution in [2.75, 3.05) is 0 Å². The van der Waals surface area contributed by atoms with Gasteiger partial charge in [-0.05, 0) is 52.3 Å². The Labute approximate surface area is 116 Å². The number of benzene rings is 2. The fourth-order valence-corrected chi connectivity index (χ4v) is 3.30. The average Bonchev–Trinajstić information content (AvgIpc) is 2.66. The summed E-state index contributed by atoms with van der Waals surface area (Å²) >= 11 is 2.43. The molecule has 0 aromatic heterocycles. The molecular formula is C16H13I. The zero-order valence-electron chi connectivity index (χ0n) is 9.65. The minimum absolute atomic E-state index is 0.444. The van der Waals surface area contributed by atoms with Gasteiger partial charge in [-0.2, -0.15) is 0 Å². The first-order valence-corrected chi connectivity index (χ1v) is 6.87. The van der Waals surface area contributed by atoms with Gasteiger partial charge in [0.05, 0.1) is 0 Å². The second-order valence-corrected chi connectivity index (χ2v) is 5.63. The highest BCUT2D eigenvalue weighted by Crippen LogP contribution is 2.41. The quantitative estimate of drug-likeness (QED) is 0.656. The van der Waals surface area contributed by atoms with Crippen molar-refractivity contribution >= 4 is 28.7 Å². The molecule has 1 unspecified atom stereocenters. The van der Waals surface area contributed by atoms with Crippen LogP contribution in [0, 0.1) is 3.57 Å². The Bertz CT molecular complexity index is 596. The predicted octanol–water partition coefficient (Wildman–Crippen LogP) is 4.84. The van der Waals surface area contributed by atoms with Gasteiger partial charge in [0, 0.05) is 9.49 Å². The van der Waals surface area contributed by atoms with Crippen LogP contribution >= 0.6 is 22.6 Å². The Balaban J connectivity index is 2.18. The molecule has 1 heteroatoms. The molecule has 0 spiro atoms. The van der Waals surface area contributed by atoms with E-state index in [0.717, 1.165) is 0 Å². The molecule has 2 aromatic carbocycles. The van der Waals surface area contributed by atoms with Gasteiger partial charge in [-0.15, -0.1) is 0 Å². The minimum Gasteiger partial charge on any atom is -0.0619 e. The molecule has 84 valence electrons. The van der Waals surface area contributed by atoms with E-state index in [-0.39, 0.29) is 0 Å². The van der Waals surface area contributed by atoms with E-state index in [0.29, 0.717) is 5.92 Å². The standard InChI is InChI=1S/C16H13I/c1-11-10-12-6-2-3-7-13(12)16(11)14-8-4-5-9-15(14)17/h2-10,16H,1H3. The number of allylic oxidation sites excluding steroid dienone is 1. The average molecular weight is 332 g/mol. The molecule has 0 saturated carbocycles. The van der Waals surface area contributed by atoms with E-state index in [1.807, 2.05) is 0 Å². The Morgan fingerprint density at radius 2 is 1.53 bits per heavy atom. The monoisotopic (exact) mass is 332 g/mol. The first kappa shape index (κ1) is 11.0. The molecule has 17 heavy (non-hydrogen) atoms. The summed E-state index contributed by atoms with van der Waals surface area (Å²) in [6.45, 7) is 2.23. The van der Waals surface area contributed by atoms with Crippen LogP contribution in [-0.2, 0) is 0 Å². The Hall–Kier alpha value is -1.09. The lowest BCUT2D eigenvalue weighted by atomic mass is 9.89. The van der Waals surface area contributed by atoms with E-state index in [4.69, 9.17) is 0 Å². The third-order valence-corrected chi connectivity index (χ3v) is 4.34. The van der Waals surface area contributed by atoms with Crippen LogP contribution in [0.1, 0.15) is 29.5 Å². The second-order valence-electron chi connectivity index (χ2n) is 4.47. The van der Waals surface area contributed by atoms with Crippen LogP contribution < -0.4 is 0 Å². The molecule has 0 aliphatic heterocycles. The normalized spacial score (nSPS) is 17.8. The number of rotatable bonds is 1. The van der Waals surface area contributed by atoms with Crippen LogP contribution in [0.15, 0.2) is 54.1 Å². The van der Waals surface area contributed by atoms with Crippen LogP contribution in [0.3, 0.4) is 0 Å². The summed E-state index contributed by atoms with van der Waals surface area (Å²) in [5.41, 5.74) is 5.67. The van der Waals surface area contributed by atoms with Crippen LogP contribution in [0.5, 0.6) is 0 Å². The second kappa shape index (κ2) is 4.30. The summed E-state index contributed by atoms with van der Waals surface area (Å²) in [4.78, 5) is 0. The van der Waals surface area contributed by atoms with Gasteiger partial charge in [0.1, 0.15) is 0 Å². The highest BCUT2D eigenvalue weighted by atomic mass is 127. The van der Waals surface area contributed by atoms with E-state index < -0.39 is 0 Å². The maximum atomic E-state index is 2.43. The maximum absolute atomic E-state index is 2.43. The van der Waals surface area contributed by atoms with Gasteiger partial charge in [-0.3, -0.25) is 0 Å². The van der Waals surface area contributed by atoms with Gasteiger partial charge >= 0.3 is 0 Å². The van der Waals surface area contributed by atoms with Gasteiger partial charge in [0.15, 0.2) is 0 Å². The number of halogens is 1. The summed E-state index contributed by atoms with van der Waals surface area (Å²) in [5.74, 6) is 0.444. The summed E-state index contributed by atoms with van der Waals surface area (Å²) in [6, 6.07) is 17.4. The molecule has 0 fully saturated rings. The van der Waals surface area contributed by atoms with Gasteiger partial charge in [0.25, 0.3) is 0 Å². The molecule has 0 amide bonds. The lowest BCUT2D eigenvalue weighted by Crippen LogP contribution is -2.01. The number of fused-ring (bicyclic) bond motifs is 1. The predicted molar refractivity (Wildman–Crippen MR) is 81.1 cm³/mol. The molecule has 1 aliphatic rings. The van der Waals surface area contributed by atoms with Crippen LogP contribution in [0.4, 0.5) is 0 Å². The zero-order chi connectivity index (χ0) is 11.8. The molecule has 3 rings (SSSR count). The summed E-state index contributed by atoms with van der Waals surface area (Å²) in [5, 5.41) is 0. The van der Waals surface area contributed by atoms with E-state index in [1.54, 1.807) is 0 Å². The summed E-state index contributed by atoms with van der Waals surface area (Å²) in [7, 11) is 0. The van der Waals surface area contributed by atoms with Crippen molar-refractivity contribution in [1.82, 2.24) is 0 Å². The molecule has 0 nitrogen and oxygen atoms in total. The highest BCUT2D eigenvalue weighted by molar-refractivity contribution is 14.1. The smallest absolute Gasteiger partial charge is 0.0315 e. The molecule has 1 atom stereocenters. The molecular weight excluding hydrogens is 319 g/mol. The highest BCUT2D eigenvalue weighted by Gasteiger charge is 2.24. The first-order valence-electron chi connectivity index (χ1n) is 5.79. The topological polar surface area (TPSA) is 0 Å². The van der Waals surface area contributed by atoms with Crippen molar-refractivity contribution in [3.05, 3.63) is 74.4 Å². The van der Waals surface area contributed by atoms with Crippen molar-refractivity contribution in [3.8, 4) is 0 Å². The fourth-order valence-electron chi connectivity index (χ4n) is 2.60. The van der Waals surface area contributed by atoms with E-state index >= 15 is 0 Å². The van der Waals surface area contributed by atoms with E-state index in [1.165, 1.54) is 25.8 Å². The third kappa shape index (κ3) is 1.82. The molecule has 0 radical (unpaired) electrons.